The van der Waals surface area contributed by atoms with Gasteiger partial charge in [0.15, 0.2) is 0 Å². The molecule has 0 radical (unpaired) electrons. The number of nitrogens with zero attached hydrogens (tertiary/aromatic N) is 5. The molecule has 1 saturated heterocycles. The molecule has 1 atom stereocenters. The molecular formula is C28H27N7O3. The highest BCUT2D eigenvalue weighted by molar-refractivity contribution is 6.12. The molecule has 2 aromatic rings. The van der Waals surface area contributed by atoms with Gasteiger partial charge in [0.25, 0.3) is 11.8 Å². The van der Waals surface area contributed by atoms with Crippen LogP contribution in [0.4, 0.5) is 5.82 Å². The zero-order valence-electron chi connectivity index (χ0n) is 21.1. The summed E-state index contributed by atoms with van der Waals surface area (Å²) in [6.45, 7) is 2.61. The molecule has 1 aromatic carbocycles. The molecule has 38 heavy (non-hydrogen) atoms. The zero-order chi connectivity index (χ0) is 26.6. The number of methoxy groups -OCH3 is 1. The molecule has 0 bridgehead atoms. The van der Waals surface area contributed by atoms with Gasteiger partial charge in [-0.15, -0.1) is 0 Å². The van der Waals surface area contributed by atoms with E-state index in [1.54, 1.807) is 54.6 Å². The third-order valence-corrected chi connectivity index (χ3v) is 6.59. The van der Waals surface area contributed by atoms with Gasteiger partial charge in [-0.25, -0.2) is 9.98 Å². The van der Waals surface area contributed by atoms with E-state index in [-0.39, 0.29) is 17.9 Å². The Balaban J connectivity index is 1.48. The first kappa shape index (κ1) is 24.8. The van der Waals surface area contributed by atoms with Crippen molar-refractivity contribution in [3.8, 4) is 17.6 Å². The highest BCUT2D eigenvalue weighted by Gasteiger charge is 2.38. The van der Waals surface area contributed by atoms with Crippen LogP contribution < -0.4 is 15.8 Å². The predicted octanol–water partition coefficient (Wildman–Crippen LogP) is 2.62. The molecule has 1 unspecified atom stereocenters. The molecule has 3 aliphatic heterocycles. The van der Waals surface area contributed by atoms with Crippen molar-refractivity contribution < 1.29 is 14.3 Å². The number of nitrogens with two attached hydrogens (primary N) is 1. The van der Waals surface area contributed by atoms with Gasteiger partial charge in [0.2, 0.25) is 0 Å². The van der Waals surface area contributed by atoms with Gasteiger partial charge in [-0.3, -0.25) is 19.5 Å². The maximum Gasteiger partial charge on any atom is 0.299 e. The number of carbonyl (C=O) groups is 2. The van der Waals surface area contributed by atoms with E-state index in [1.807, 2.05) is 17.2 Å². The van der Waals surface area contributed by atoms with Crippen LogP contribution in [-0.4, -0.2) is 64.5 Å². The van der Waals surface area contributed by atoms with Crippen molar-refractivity contribution in [1.82, 2.24) is 14.8 Å². The second-order valence-corrected chi connectivity index (χ2v) is 8.80. The lowest BCUT2D eigenvalue weighted by molar-refractivity contribution is -0.124. The Hall–Kier alpha value is -4.91. The number of aliphatic imine (C=N–C) groups is 2. The third kappa shape index (κ3) is 4.62. The fourth-order valence-corrected chi connectivity index (χ4v) is 4.88. The summed E-state index contributed by atoms with van der Waals surface area (Å²) < 4.78 is 5.58. The molecule has 1 fully saturated rings. The first-order chi connectivity index (χ1) is 18.5. The zero-order valence-corrected chi connectivity index (χ0v) is 21.1. The van der Waals surface area contributed by atoms with Crippen molar-refractivity contribution in [2.24, 2.45) is 15.7 Å². The number of likely N-dealkylation sites (tertiary alicyclic amines) is 1. The fourth-order valence-electron chi connectivity index (χ4n) is 4.88. The number of amides is 2. The highest BCUT2D eigenvalue weighted by Crippen LogP contribution is 2.34. The number of carbonyl (C=O) groups excluding carboxylic acids is 2. The van der Waals surface area contributed by atoms with Crippen LogP contribution in [0.25, 0.3) is 5.57 Å². The number of pyridine rings is 1. The van der Waals surface area contributed by atoms with E-state index >= 15 is 0 Å². The number of rotatable bonds is 5. The number of fused-ring (bicyclic) bond motifs is 1. The van der Waals surface area contributed by atoms with Crippen molar-refractivity contribution >= 4 is 34.9 Å². The summed E-state index contributed by atoms with van der Waals surface area (Å²) in [6.07, 6.45) is 6.69. The van der Waals surface area contributed by atoms with E-state index in [0.29, 0.717) is 41.8 Å². The van der Waals surface area contributed by atoms with E-state index in [9.17, 15) is 9.59 Å². The van der Waals surface area contributed by atoms with Gasteiger partial charge in [0.1, 0.15) is 23.2 Å². The molecular weight excluding hydrogens is 482 g/mol. The first-order valence-corrected chi connectivity index (χ1v) is 12.2. The van der Waals surface area contributed by atoms with Crippen LogP contribution in [0, 0.1) is 11.8 Å². The number of hydrogen-bond acceptors (Lipinski definition) is 8. The fraction of sp³-hybridized carbons (Fsp3) is 0.250. The number of ether oxygens (including phenoxy) is 1. The summed E-state index contributed by atoms with van der Waals surface area (Å²) in [7, 11) is 1.52. The van der Waals surface area contributed by atoms with E-state index in [0.717, 1.165) is 29.8 Å². The van der Waals surface area contributed by atoms with Gasteiger partial charge >= 0.3 is 0 Å². The number of aromatic nitrogens is 1. The number of amidine groups is 2. The molecule has 10 heteroatoms. The standard InChI is InChI=1S/C28H27N7O3/c1-3-7-24(36)34-14-6-8-21(34)27-32-17-20(25-26(29)31-13-15-35(25)27)18-10-11-19(22(16-18)38-2)28(37)33-23-9-4-5-12-30-23/h4-5,9-13,15-16,21H,6,8,14,17H2,1-2H3,(H2,29,31)(H,30,33,37). The van der Waals surface area contributed by atoms with Crippen LogP contribution >= 0.6 is 0 Å². The lowest BCUT2D eigenvalue weighted by Gasteiger charge is -2.37. The van der Waals surface area contributed by atoms with Crippen molar-refractivity contribution in [2.75, 3.05) is 25.5 Å². The minimum absolute atomic E-state index is 0.206. The minimum Gasteiger partial charge on any atom is -0.496 e. The van der Waals surface area contributed by atoms with Gasteiger partial charge in [-0.05, 0) is 55.5 Å². The Morgan fingerprint density at radius 1 is 1.24 bits per heavy atom. The van der Waals surface area contributed by atoms with E-state index in [1.165, 1.54) is 7.11 Å². The van der Waals surface area contributed by atoms with Crippen molar-refractivity contribution in [3.05, 3.63) is 71.8 Å². The molecule has 0 spiro atoms. The van der Waals surface area contributed by atoms with Gasteiger partial charge in [0.05, 0.1) is 31.0 Å². The van der Waals surface area contributed by atoms with Crippen LogP contribution in [0.5, 0.6) is 5.75 Å². The second kappa shape index (κ2) is 10.6. The lowest BCUT2D eigenvalue weighted by atomic mass is 9.97. The lowest BCUT2D eigenvalue weighted by Crippen LogP contribution is -2.49. The Morgan fingerprint density at radius 3 is 2.87 bits per heavy atom. The predicted molar refractivity (Wildman–Crippen MR) is 145 cm³/mol. The van der Waals surface area contributed by atoms with Crippen molar-refractivity contribution in [3.63, 3.8) is 0 Å². The maximum absolute atomic E-state index is 12.9. The molecule has 1 aromatic heterocycles. The number of nitrogens with one attached hydrogen (secondary N) is 1. The molecule has 10 nitrogen and oxygen atoms in total. The number of anilines is 1. The molecule has 3 aliphatic rings. The third-order valence-electron chi connectivity index (χ3n) is 6.59. The second-order valence-electron chi connectivity index (χ2n) is 8.80. The smallest absolute Gasteiger partial charge is 0.299 e. The summed E-state index contributed by atoms with van der Waals surface area (Å²) in [6, 6.07) is 10.4. The Morgan fingerprint density at radius 2 is 2.11 bits per heavy atom. The quantitative estimate of drug-likeness (QED) is 0.597. The van der Waals surface area contributed by atoms with Crippen LogP contribution in [0.15, 0.2) is 70.7 Å². The Labute approximate surface area is 220 Å². The first-order valence-electron chi connectivity index (χ1n) is 12.2. The number of hydrogen-bond donors (Lipinski definition) is 2. The molecule has 4 heterocycles. The molecule has 0 aliphatic carbocycles. The molecule has 192 valence electrons. The van der Waals surface area contributed by atoms with Gasteiger partial charge < -0.3 is 20.7 Å². The monoisotopic (exact) mass is 509 g/mol. The van der Waals surface area contributed by atoms with Crippen molar-refractivity contribution in [1.29, 1.82) is 0 Å². The molecule has 0 saturated carbocycles. The van der Waals surface area contributed by atoms with Crippen LogP contribution in [0.2, 0.25) is 0 Å². The summed E-state index contributed by atoms with van der Waals surface area (Å²) >= 11 is 0. The van der Waals surface area contributed by atoms with E-state index < -0.39 is 0 Å². The SMILES string of the molecule is CC#CC(=O)N1CCCC1C1=NCC(c2ccc(C(=O)Nc3ccccn3)c(OC)c2)=C2C(N)=NC=CN12. The van der Waals surface area contributed by atoms with Gasteiger partial charge in [0, 0.05) is 30.7 Å². The topological polar surface area (TPSA) is 126 Å². The molecule has 2 amide bonds. The van der Waals surface area contributed by atoms with E-state index in [4.69, 9.17) is 15.5 Å². The van der Waals surface area contributed by atoms with Crippen LogP contribution in [0.3, 0.4) is 0 Å². The Kier molecular flexibility index (Phi) is 6.91. The number of benzene rings is 1. The average molecular weight is 510 g/mol. The van der Waals surface area contributed by atoms with E-state index in [2.05, 4.69) is 27.1 Å². The Bertz CT molecular complexity index is 1460. The van der Waals surface area contributed by atoms with Gasteiger partial charge in [-0.1, -0.05) is 18.1 Å². The van der Waals surface area contributed by atoms with Gasteiger partial charge in [-0.2, -0.15) is 0 Å². The summed E-state index contributed by atoms with van der Waals surface area (Å²) in [4.78, 5) is 42.6. The highest BCUT2D eigenvalue weighted by atomic mass is 16.5. The summed E-state index contributed by atoms with van der Waals surface area (Å²) in [5.41, 5.74) is 9.09. The van der Waals surface area contributed by atoms with Crippen LogP contribution in [0.1, 0.15) is 35.7 Å². The summed E-state index contributed by atoms with van der Waals surface area (Å²) in [5.74, 6) is 6.73. The average Bonchev–Trinajstić information content (AvgIpc) is 3.43. The molecule has 5 rings (SSSR count). The minimum atomic E-state index is -0.335. The van der Waals surface area contributed by atoms with Crippen LogP contribution in [-0.2, 0) is 4.79 Å². The van der Waals surface area contributed by atoms with Crippen molar-refractivity contribution in [2.45, 2.75) is 25.8 Å². The largest absolute Gasteiger partial charge is 0.496 e. The summed E-state index contributed by atoms with van der Waals surface area (Å²) in [5, 5.41) is 2.78. The molecule has 3 N–H and O–H groups in total. The maximum atomic E-state index is 12.9. The normalized spacial score (nSPS) is 18.2.